The number of nitrogens with one attached hydrogen (secondary N) is 2. The van der Waals surface area contributed by atoms with Gasteiger partial charge in [0.1, 0.15) is 5.75 Å². The highest BCUT2D eigenvalue weighted by Gasteiger charge is 2.19. The van der Waals surface area contributed by atoms with Crippen LogP contribution in [-0.4, -0.2) is 30.2 Å². The van der Waals surface area contributed by atoms with Crippen LogP contribution in [0.15, 0.2) is 22.7 Å². The minimum absolute atomic E-state index is 0.383. The molecule has 1 aromatic carbocycles. The summed E-state index contributed by atoms with van der Waals surface area (Å²) in [6, 6.07) is 4.53. The highest BCUT2D eigenvalue weighted by atomic mass is 79.9. The summed E-state index contributed by atoms with van der Waals surface area (Å²) in [5.41, 5.74) is 0.563. The van der Waals surface area contributed by atoms with Gasteiger partial charge in [-0.1, -0.05) is 22.0 Å². The van der Waals surface area contributed by atoms with Gasteiger partial charge in [-0.2, -0.15) is 0 Å². The minimum atomic E-state index is -0.876. The van der Waals surface area contributed by atoms with Crippen molar-refractivity contribution in [2.45, 2.75) is 26.1 Å². The van der Waals surface area contributed by atoms with Crippen LogP contribution in [0.1, 0.15) is 25.5 Å². The molecule has 0 aliphatic rings. The molecule has 20 heavy (non-hydrogen) atoms. The van der Waals surface area contributed by atoms with Crippen molar-refractivity contribution in [3.63, 3.8) is 0 Å². The molecular formula is C13H17BrN2O4. The molecule has 0 aliphatic carbocycles. The Labute approximate surface area is 125 Å². The van der Waals surface area contributed by atoms with E-state index in [0.717, 1.165) is 4.47 Å². The Balaban J connectivity index is 2.84. The number of carbonyl (C=O) groups is 2. The Hall–Kier alpha value is -1.60. The third-order valence-electron chi connectivity index (χ3n) is 2.56. The molecular weight excluding hydrogens is 328 g/mol. The fourth-order valence-corrected chi connectivity index (χ4v) is 1.82. The van der Waals surface area contributed by atoms with Crippen molar-refractivity contribution in [1.29, 1.82) is 0 Å². The summed E-state index contributed by atoms with van der Waals surface area (Å²) >= 11 is 3.30. The number of ether oxygens (including phenoxy) is 1. The van der Waals surface area contributed by atoms with Gasteiger partial charge in [0.15, 0.2) is 6.10 Å². The highest BCUT2D eigenvalue weighted by molar-refractivity contribution is 9.10. The van der Waals surface area contributed by atoms with Crippen molar-refractivity contribution in [3.8, 4) is 5.75 Å². The molecule has 6 nitrogen and oxygen atoms in total. The number of hydrogen-bond acceptors (Lipinski definition) is 4. The van der Waals surface area contributed by atoms with E-state index in [1.54, 1.807) is 25.1 Å². The second-order valence-corrected chi connectivity index (χ2v) is 5.10. The van der Waals surface area contributed by atoms with Gasteiger partial charge in [0.25, 0.3) is 5.91 Å². The summed E-state index contributed by atoms with van der Waals surface area (Å²) in [4.78, 5) is 22.8. The van der Waals surface area contributed by atoms with E-state index in [0.29, 0.717) is 11.3 Å². The fraction of sp³-hybridized carbons (Fsp3) is 0.385. The van der Waals surface area contributed by atoms with Crippen molar-refractivity contribution < 1.29 is 19.4 Å². The first kappa shape index (κ1) is 16.5. The summed E-state index contributed by atoms with van der Waals surface area (Å²) < 4.78 is 6.27. The van der Waals surface area contributed by atoms with E-state index in [1.807, 2.05) is 0 Å². The zero-order valence-corrected chi connectivity index (χ0v) is 13.0. The maximum Gasteiger partial charge on any atom is 0.321 e. The Morgan fingerprint density at radius 1 is 1.35 bits per heavy atom. The van der Waals surface area contributed by atoms with Gasteiger partial charge >= 0.3 is 6.03 Å². The molecule has 0 heterocycles. The maximum atomic E-state index is 11.7. The van der Waals surface area contributed by atoms with Gasteiger partial charge < -0.3 is 15.2 Å². The molecule has 0 bridgehead atoms. The van der Waals surface area contributed by atoms with Crippen molar-refractivity contribution in [2.75, 3.05) is 7.05 Å². The normalized spacial score (nSPS) is 13.2. The minimum Gasteiger partial charge on any atom is -0.480 e. The zero-order chi connectivity index (χ0) is 15.3. The zero-order valence-electron chi connectivity index (χ0n) is 11.4. The monoisotopic (exact) mass is 344 g/mol. The first-order valence-corrected chi connectivity index (χ1v) is 6.81. The molecule has 0 radical (unpaired) electrons. The average molecular weight is 345 g/mol. The van der Waals surface area contributed by atoms with Gasteiger partial charge in [-0.15, -0.1) is 0 Å². The number of hydrogen-bond donors (Lipinski definition) is 3. The van der Waals surface area contributed by atoms with Crippen LogP contribution in [0.25, 0.3) is 0 Å². The number of benzene rings is 1. The predicted molar refractivity (Wildman–Crippen MR) is 77.5 cm³/mol. The van der Waals surface area contributed by atoms with Crippen molar-refractivity contribution in [2.24, 2.45) is 0 Å². The van der Waals surface area contributed by atoms with Crippen LogP contribution in [0, 0.1) is 0 Å². The molecule has 0 aromatic heterocycles. The second-order valence-electron chi connectivity index (χ2n) is 4.19. The van der Waals surface area contributed by atoms with Crippen LogP contribution in [0.5, 0.6) is 5.75 Å². The highest BCUT2D eigenvalue weighted by Crippen LogP contribution is 2.29. The van der Waals surface area contributed by atoms with Gasteiger partial charge in [-0.25, -0.2) is 4.79 Å². The van der Waals surface area contributed by atoms with Crippen LogP contribution in [0.3, 0.4) is 0 Å². The van der Waals surface area contributed by atoms with Gasteiger partial charge in [0.05, 0.1) is 6.10 Å². The number of amides is 3. The predicted octanol–water partition coefficient (Wildman–Crippen LogP) is 1.73. The molecule has 3 amide bonds. The van der Waals surface area contributed by atoms with Crippen LogP contribution in [-0.2, 0) is 4.79 Å². The lowest BCUT2D eigenvalue weighted by Gasteiger charge is -2.18. The van der Waals surface area contributed by atoms with Crippen LogP contribution in [0.2, 0.25) is 0 Å². The van der Waals surface area contributed by atoms with Gasteiger partial charge in [0.2, 0.25) is 0 Å². The van der Waals surface area contributed by atoms with E-state index in [1.165, 1.54) is 14.0 Å². The van der Waals surface area contributed by atoms with E-state index in [9.17, 15) is 14.7 Å². The lowest BCUT2D eigenvalue weighted by molar-refractivity contribution is -0.126. The summed E-state index contributed by atoms with van der Waals surface area (Å²) in [6.45, 7) is 3.12. The molecule has 0 fully saturated rings. The van der Waals surface area contributed by atoms with Gasteiger partial charge in [-0.05, 0) is 26.0 Å². The molecule has 1 aromatic rings. The van der Waals surface area contributed by atoms with E-state index in [4.69, 9.17) is 4.74 Å². The van der Waals surface area contributed by atoms with E-state index in [2.05, 4.69) is 26.6 Å². The third-order valence-corrected chi connectivity index (χ3v) is 3.06. The van der Waals surface area contributed by atoms with E-state index in [-0.39, 0.29) is 0 Å². The van der Waals surface area contributed by atoms with Crippen LogP contribution in [0.4, 0.5) is 4.79 Å². The average Bonchev–Trinajstić information content (AvgIpc) is 2.38. The number of aliphatic hydroxyl groups is 1. The number of urea groups is 1. The SMILES string of the molecule is CNC(=O)NC(=O)C(C)Oc1cc(Br)ccc1C(C)O. The number of imide groups is 1. The molecule has 0 spiro atoms. The van der Waals surface area contributed by atoms with Gasteiger partial charge in [0, 0.05) is 17.1 Å². The van der Waals surface area contributed by atoms with Gasteiger partial charge in [-0.3, -0.25) is 10.1 Å². The topological polar surface area (TPSA) is 87.7 Å². The summed E-state index contributed by atoms with van der Waals surface area (Å²) in [5, 5.41) is 14.1. The molecule has 1 rings (SSSR count). The number of rotatable bonds is 4. The molecule has 2 unspecified atom stereocenters. The molecule has 2 atom stereocenters. The largest absolute Gasteiger partial charge is 0.480 e. The number of halogens is 1. The second kappa shape index (κ2) is 7.25. The maximum absolute atomic E-state index is 11.7. The Morgan fingerprint density at radius 2 is 2.00 bits per heavy atom. The van der Waals surface area contributed by atoms with Crippen LogP contribution >= 0.6 is 15.9 Å². The Kier molecular flexibility index (Phi) is 5.97. The first-order chi connectivity index (χ1) is 9.35. The lowest BCUT2D eigenvalue weighted by atomic mass is 10.1. The lowest BCUT2D eigenvalue weighted by Crippen LogP contribution is -2.44. The molecule has 0 aliphatic heterocycles. The molecule has 110 valence electrons. The molecule has 7 heteroatoms. The summed E-state index contributed by atoms with van der Waals surface area (Å²) in [7, 11) is 1.41. The quantitative estimate of drug-likeness (QED) is 0.776. The molecule has 3 N–H and O–H groups in total. The van der Waals surface area contributed by atoms with Crippen molar-refractivity contribution in [1.82, 2.24) is 10.6 Å². The van der Waals surface area contributed by atoms with Crippen LogP contribution < -0.4 is 15.4 Å². The summed E-state index contributed by atoms with van der Waals surface area (Å²) in [6.07, 6.45) is -1.61. The number of aliphatic hydroxyl groups excluding tert-OH is 1. The number of carbonyl (C=O) groups excluding carboxylic acids is 2. The Bertz CT molecular complexity index is 505. The standard InChI is InChI=1S/C13H17BrN2O4/c1-7(17)10-5-4-9(14)6-11(10)20-8(2)12(18)16-13(19)15-3/h4-8,17H,1-3H3,(H2,15,16,18,19). The Morgan fingerprint density at radius 3 is 2.55 bits per heavy atom. The molecule has 0 saturated heterocycles. The van der Waals surface area contributed by atoms with Crippen molar-refractivity contribution >= 4 is 27.9 Å². The molecule has 0 saturated carbocycles. The smallest absolute Gasteiger partial charge is 0.321 e. The van der Waals surface area contributed by atoms with Crippen molar-refractivity contribution in [3.05, 3.63) is 28.2 Å². The summed E-state index contributed by atoms with van der Waals surface area (Å²) in [5.74, 6) is -0.185. The van der Waals surface area contributed by atoms with E-state index < -0.39 is 24.1 Å². The first-order valence-electron chi connectivity index (χ1n) is 6.02. The third kappa shape index (κ3) is 4.50. The van der Waals surface area contributed by atoms with E-state index >= 15 is 0 Å². The fourth-order valence-electron chi connectivity index (χ4n) is 1.48.